The van der Waals surface area contributed by atoms with E-state index in [4.69, 9.17) is 0 Å². The third kappa shape index (κ3) is 3.77. The van der Waals surface area contributed by atoms with Crippen molar-refractivity contribution in [2.45, 2.75) is 20.3 Å². The van der Waals surface area contributed by atoms with Crippen molar-refractivity contribution in [3.05, 3.63) is 67.6 Å². The maximum absolute atomic E-state index is 12.4. The van der Waals surface area contributed by atoms with Crippen LogP contribution in [0.4, 0.5) is 0 Å². The topological polar surface area (TPSA) is 17.1 Å². The van der Waals surface area contributed by atoms with Gasteiger partial charge in [-0.2, -0.15) is 0 Å². The Labute approximate surface area is 130 Å². The number of rotatable bonds is 3. The van der Waals surface area contributed by atoms with Crippen LogP contribution in [-0.2, 0) is 6.42 Å². The van der Waals surface area contributed by atoms with Crippen LogP contribution in [0, 0.1) is 13.8 Å². The third-order valence-electron chi connectivity index (χ3n) is 2.87. The number of carbonyl (C=O) groups excluding carboxylic acids is 1. The third-order valence-corrected chi connectivity index (χ3v) is 4.06. The van der Waals surface area contributed by atoms with Crippen LogP contribution >= 0.6 is 31.9 Å². The Bertz CT molecular complexity index is 612. The van der Waals surface area contributed by atoms with E-state index in [2.05, 4.69) is 63.9 Å². The first-order valence-corrected chi connectivity index (χ1v) is 7.60. The zero-order valence-corrected chi connectivity index (χ0v) is 14.0. The first kappa shape index (κ1) is 14.5. The lowest BCUT2D eigenvalue weighted by molar-refractivity contribution is 0.0992. The summed E-state index contributed by atoms with van der Waals surface area (Å²) < 4.78 is 1.75. The van der Waals surface area contributed by atoms with Gasteiger partial charge in [0.05, 0.1) is 0 Å². The van der Waals surface area contributed by atoms with Crippen molar-refractivity contribution < 1.29 is 4.79 Å². The van der Waals surface area contributed by atoms with Gasteiger partial charge in [0.25, 0.3) is 0 Å². The largest absolute Gasteiger partial charge is 0.294 e. The summed E-state index contributed by atoms with van der Waals surface area (Å²) in [5.74, 6) is 0.123. The Morgan fingerprint density at radius 2 is 1.63 bits per heavy atom. The van der Waals surface area contributed by atoms with Crippen molar-refractivity contribution in [3.63, 3.8) is 0 Å². The highest BCUT2D eigenvalue weighted by atomic mass is 79.9. The average molecular weight is 382 g/mol. The van der Waals surface area contributed by atoms with Crippen LogP contribution in [0.2, 0.25) is 0 Å². The molecule has 2 aromatic rings. The van der Waals surface area contributed by atoms with Gasteiger partial charge in [-0.25, -0.2) is 0 Å². The molecule has 98 valence electrons. The molecule has 0 N–H and O–H groups in total. The molecule has 0 fully saturated rings. The number of ketones is 1. The quantitative estimate of drug-likeness (QED) is 0.663. The Morgan fingerprint density at radius 3 is 2.26 bits per heavy atom. The van der Waals surface area contributed by atoms with Gasteiger partial charge in [0, 0.05) is 20.9 Å². The first-order chi connectivity index (χ1) is 8.95. The van der Waals surface area contributed by atoms with Gasteiger partial charge in [0.1, 0.15) is 0 Å². The Morgan fingerprint density at radius 1 is 1.00 bits per heavy atom. The molecule has 0 radical (unpaired) electrons. The Balaban J connectivity index is 2.28. The zero-order chi connectivity index (χ0) is 14.0. The van der Waals surface area contributed by atoms with Gasteiger partial charge in [0.2, 0.25) is 0 Å². The van der Waals surface area contributed by atoms with Gasteiger partial charge in [0.15, 0.2) is 5.78 Å². The summed E-state index contributed by atoms with van der Waals surface area (Å²) in [6, 6.07) is 11.9. The number of hydrogen-bond acceptors (Lipinski definition) is 1. The molecule has 0 aliphatic heterocycles. The summed E-state index contributed by atoms with van der Waals surface area (Å²) >= 11 is 6.83. The molecule has 0 bridgehead atoms. The summed E-state index contributed by atoms with van der Waals surface area (Å²) in [5, 5.41) is 0. The lowest BCUT2D eigenvalue weighted by Gasteiger charge is -2.07. The van der Waals surface area contributed by atoms with Gasteiger partial charge in [-0.3, -0.25) is 4.79 Å². The molecule has 0 heterocycles. The van der Waals surface area contributed by atoms with Crippen LogP contribution in [0.15, 0.2) is 45.3 Å². The van der Waals surface area contributed by atoms with Crippen LogP contribution in [0.1, 0.15) is 27.0 Å². The molecule has 0 spiro atoms. The minimum absolute atomic E-state index is 0.123. The highest BCUT2D eigenvalue weighted by Crippen LogP contribution is 2.23. The second-order valence-corrected chi connectivity index (χ2v) is 6.49. The molecule has 0 aromatic heterocycles. The summed E-state index contributed by atoms with van der Waals surface area (Å²) in [4.78, 5) is 12.4. The Kier molecular flexibility index (Phi) is 4.58. The fraction of sp³-hybridized carbons (Fsp3) is 0.188. The predicted molar refractivity (Wildman–Crippen MR) is 85.8 cm³/mol. The van der Waals surface area contributed by atoms with E-state index in [1.165, 1.54) is 11.1 Å². The molecule has 0 atom stereocenters. The van der Waals surface area contributed by atoms with Gasteiger partial charge in [-0.1, -0.05) is 61.2 Å². The number of aryl methyl sites for hydroxylation is 2. The number of benzene rings is 2. The van der Waals surface area contributed by atoms with E-state index in [1.54, 1.807) is 0 Å². The van der Waals surface area contributed by atoms with E-state index in [-0.39, 0.29) is 5.78 Å². The summed E-state index contributed by atoms with van der Waals surface area (Å²) in [7, 11) is 0. The molecule has 3 heteroatoms. The van der Waals surface area contributed by atoms with Crippen molar-refractivity contribution in [2.75, 3.05) is 0 Å². The molecule has 19 heavy (non-hydrogen) atoms. The molecule has 0 saturated carbocycles. The predicted octanol–water partition coefficient (Wildman–Crippen LogP) is 5.25. The van der Waals surface area contributed by atoms with Crippen molar-refractivity contribution in [3.8, 4) is 0 Å². The molecule has 0 unspecified atom stereocenters. The molecule has 1 nitrogen and oxygen atoms in total. The molecule has 0 amide bonds. The number of halogens is 2. The van der Waals surface area contributed by atoms with Crippen LogP contribution in [-0.4, -0.2) is 5.78 Å². The van der Waals surface area contributed by atoms with E-state index in [0.29, 0.717) is 12.0 Å². The van der Waals surface area contributed by atoms with E-state index in [0.717, 1.165) is 14.5 Å². The van der Waals surface area contributed by atoms with Crippen LogP contribution in [0.25, 0.3) is 0 Å². The van der Waals surface area contributed by atoms with Crippen molar-refractivity contribution in [1.29, 1.82) is 0 Å². The van der Waals surface area contributed by atoms with Crippen molar-refractivity contribution >= 4 is 37.6 Å². The first-order valence-electron chi connectivity index (χ1n) is 6.01. The second kappa shape index (κ2) is 6.02. The van der Waals surface area contributed by atoms with E-state index in [1.807, 2.05) is 18.2 Å². The normalized spacial score (nSPS) is 10.5. The lowest BCUT2D eigenvalue weighted by Crippen LogP contribution is -2.05. The molecular weight excluding hydrogens is 368 g/mol. The van der Waals surface area contributed by atoms with E-state index in [9.17, 15) is 4.79 Å². The monoisotopic (exact) mass is 380 g/mol. The second-order valence-electron chi connectivity index (χ2n) is 4.72. The highest BCUT2D eigenvalue weighted by Gasteiger charge is 2.11. The number of carbonyl (C=O) groups is 1. The Hall–Kier alpha value is -0.930. The van der Waals surface area contributed by atoms with Gasteiger partial charge < -0.3 is 0 Å². The number of hydrogen-bond donors (Lipinski definition) is 0. The summed E-state index contributed by atoms with van der Waals surface area (Å²) in [6.45, 7) is 4.10. The van der Waals surface area contributed by atoms with Crippen LogP contribution < -0.4 is 0 Å². The smallest absolute Gasteiger partial charge is 0.168 e. The standard InChI is InChI=1S/C16H14Br2O/c1-10-5-11(2)7-12(6-10)8-16(19)14-9-13(17)3-4-15(14)18/h3-7,9H,8H2,1-2H3. The lowest BCUT2D eigenvalue weighted by atomic mass is 10.00. The average Bonchev–Trinajstić information content (AvgIpc) is 2.30. The summed E-state index contributed by atoms with van der Waals surface area (Å²) in [5.41, 5.74) is 4.16. The highest BCUT2D eigenvalue weighted by molar-refractivity contribution is 9.11. The minimum Gasteiger partial charge on any atom is -0.294 e. The molecule has 2 rings (SSSR count). The summed E-state index contributed by atoms with van der Waals surface area (Å²) in [6.07, 6.45) is 0.428. The molecule has 0 saturated heterocycles. The molecular formula is C16H14Br2O. The number of Topliss-reactive ketones (excluding diaryl/α,β-unsaturated/α-hetero) is 1. The van der Waals surface area contributed by atoms with E-state index < -0.39 is 0 Å². The SMILES string of the molecule is Cc1cc(C)cc(CC(=O)c2cc(Br)ccc2Br)c1. The maximum atomic E-state index is 12.4. The van der Waals surface area contributed by atoms with Crippen molar-refractivity contribution in [1.82, 2.24) is 0 Å². The fourth-order valence-corrected chi connectivity index (χ4v) is 2.99. The van der Waals surface area contributed by atoms with Gasteiger partial charge >= 0.3 is 0 Å². The van der Waals surface area contributed by atoms with Gasteiger partial charge in [-0.05, 0) is 37.6 Å². The van der Waals surface area contributed by atoms with Gasteiger partial charge in [-0.15, -0.1) is 0 Å². The van der Waals surface area contributed by atoms with Crippen LogP contribution in [0.3, 0.4) is 0 Å². The zero-order valence-electron chi connectivity index (χ0n) is 10.8. The van der Waals surface area contributed by atoms with E-state index >= 15 is 0 Å². The molecule has 0 aliphatic carbocycles. The van der Waals surface area contributed by atoms with Crippen LogP contribution in [0.5, 0.6) is 0 Å². The fourth-order valence-electron chi connectivity index (χ4n) is 2.16. The maximum Gasteiger partial charge on any atom is 0.168 e. The van der Waals surface area contributed by atoms with Crippen molar-refractivity contribution in [2.24, 2.45) is 0 Å². The minimum atomic E-state index is 0.123. The molecule has 2 aromatic carbocycles. The molecule has 0 aliphatic rings.